The van der Waals surface area contributed by atoms with Crippen molar-refractivity contribution in [1.82, 2.24) is 0 Å². The van der Waals surface area contributed by atoms with Crippen LogP contribution in [0.4, 0.5) is 11.4 Å². The lowest BCUT2D eigenvalue weighted by molar-refractivity contribution is -0.384. The van der Waals surface area contributed by atoms with E-state index in [0.717, 1.165) is 27.8 Å². The normalized spacial score (nSPS) is 17.8. The van der Waals surface area contributed by atoms with Gasteiger partial charge in [0.15, 0.2) is 5.78 Å². The number of hydrogen-bond donors (Lipinski definition) is 1. The second-order valence-corrected chi connectivity index (χ2v) is 13.1. The highest BCUT2D eigenvalue weighted by atomic mass is 35.5. The van der Waals surface area contributed by atoms with Gasteiger partial charge in [-0.1, -0.05) is 54.7 Å². The Bertz CT molecular complexity index is 1840. The van der Waals surface area contributed by atoms with Crippen LogP contribution in [0.15, 0.2) is 71.2 Å². The van der Waals surface area contributed by atoms with Crippen LogP contribution in [0.25, 0.3) is 0 Å². The second kappa shape index (κ2) is 11.6. The minimum absolute atomic E-state index is 0.0833. The molecule has 0 amide bonds. The van der Waals surface area contributed by atoms with Crippen molar-refractivity contribution in [3.05, 3.63) is 119 Å². The van der Waals surface area contributed by atoms with Crippen LogP contribution in [0.5, 0.6) is 5.75 Å². The van der Waals surface area contributed by atoms with Crippen molar-refractivity contribution in [3.63, 3.8) is 0 Å². The summed E-state index contributed by atoms with van der Waals surface area (Å²) in [6, 6.07) is 15.9. The molecule has 0 saturated heterocycles. The number of non-ortho nitro benzene ring substituents is 1. The summed E-state index contributed by atoms with van der Waals surface area (Å²) < 4.78 is 6.19. The molecule has 8 nitrogen and oxygen atoms in total. The number of ketones is 1. The number of nitriles is 1. The number of benzene rings is 3. The highest BCUT2D eigenvalue weighted by Gasteiger charge is 2.45. The Morgan fingerprint density at radius 2 is 1.84 bits per heavy atom. The van der Waals surface area contributed by atoms with Crippen LogP contribution in [0.3, 0.4) is 0 Å². The fourth-order valence-electron chi connectivity index (χ4n) is 6.23. The Morgan fingerprint density at radius 3 is 2.48 bits per heavy atom. The number of carbonyl (C=O) groups is 1. The molecule has 1 heterocycles. The number of ether oxygens (including phenoxy) is 1. The van der Waals surface area contributed by atoms with Crippen LogP contribution in [0.2, 0.25) is 10.0 Å². The van der Waals surface area contributed by atoms with Gasteiger partial charge < -0.3 is 10.5 Å². The molecular weight excluding hydrogens is 599 g/mol. The zero-order valence-electron chi connectivity index (χ0n) is 25.1. The third kappa shape index (κ3) is 5.66. The van der Waals surface area contributed by atoms with Crippen LogP contribution in [-0.4, -0.2) is 10.7 Å². The van der Waals surface area contributed by atoms with Crippen LogP contribution < -0.4 is 15.4 Å². The lowest BCUT2D eigenvalue weighted by atomic mass is 9.68. The number of hydrogen-bond acceptors (Lipinski definition) is 7. The van der Waals surface area contributed by atoms with Crippen molar-refractivity contribution in [2.75, 3.05) is 4.90 Å². The van der Waals surface area contributed by atoms with Gasteiger partial charge in [0.05, 0.1) is 33.2 Å². The number of nitrogens with zero attached hydrogens (tertiary/aromatic N) is 3. The van der Waals surface area contributed by atoms with Gasteiger partial charge in [0.2, 0.25) is 0 Å². The molecule has 1 aliphatic carbocycles. The van der Waals surface area contributed by atoms with Gasteiger partial charge in [0, 0.05) is 34.8 Å². The molecule has 0 bridgehead atoms. The van der Waals surface area contributed by atoms with E-state index in [0.29, 0.717) is 40.6 Å². The van der Waals surface area contributed by atoms with E-state index < -0.39 is 16.3 Å². The van der Waals surface area contributed by atoms with Gasteiger partial charge in [-0.25, -0.2) is 0 Å². The molecule has 1 atom stereocenters. The zero-order chi connectivity index (χ0) is 32.1. The molecule has 0 fully saturated rings. The van der Waals surface area contributed by atoms with Crippen LogP contribution in [-0.2, 0) is 11.4 Å². The van der Waals surface area contributed by atoms with Gasteiger partial charge >= 0.3 is 0 Å². The number of carbonyl (C=O) groups excluding carboxylic acids is 1. The Kier molecular flexibility index (Phi) is 8.23. The summed E-state index contributed by atoms with van der Waals surface area (Å²) in [5.74, 6) is 0.0531. The summed E-state index contributed by atoms with van der Waals surface area (Å²) in [4.78, 5) is 26.5. The number of halogens is 2. The van der Waals surface area contributed by atoms with E-state index in [1.807, 2.05) is 58.9 Å². The van der Waals surface area contributed by atoms with E-state index in [4.69, 9.17) is 33.7 Å². The van der Waals surface area contributed by atoms with Crippen molar-refractivity contribution in [1.29, 1.82) is 5.26 Å². The van der Waals surface area contributed by atoms with E-state index >= 15 is 0 Å². The predicted octanol–water partition coefficient (Wildman–Crippen LogP) is 8.35. The SMILES string of the molecule is Cc1cc(COc2ccc(Cl)cc2C)c(C)c(C2C(C#N)=C(N)N(c3ccc([N+](=O)[O-])cc3Cl)C3=C2C(=O)CC(C)(C)C3)c1. The van der Waals surface area contributed by atoms with Crippen LogP contribution >= 0.6 is 23.2 Å². The average molecular weight is 632 g/mol. The molecule has 0 spiro atoms. The summed E-state index contributed by atoms with van der Waals surface area (Å²) in [6.07, 6.45) is 0.771. The minimum Gasteiger partial charge on any atom is -0.489 e. The quantitative estimate of drug-likeness (QED) is 0.214. The maximum atomic E-state index is 14.0. The summed E-state index contributed by atoms with van der Waals surface area (Å²) in [7, 11) is 0. The molecule has 2 N–H and O–H groups in total. The van der Waals surface area contributed by atoms with E-state index in [1.165, 1.54) is 18.2 Å². The molecule has 0 radical (unpaired) electrons. The predicted molar refractivity (Wildman–Crippen MR) is 172 cm³/mol. The van der Waals surface area contributed by atoms with Gasteiger partial charge in [-0.15, -0.1) is 0 Å². The Labute approximate surface area is 266 Å². The molecule has 226 valence electrons. The Hall–Kier alpha value is -4.32. The van der Waals surface area contributed by atoms with Crippen molar-refractivity contribution in [3.8, 4) is 11.8 Å². The first kappa shape index (κ1) is 31.1. The third-order valence-corrected chi connectivity index (χ3v) is 8.83. The molecule has 1 unspecified atom stereocenters. The summed E-state index contributed by atoms with van der Waals surface area (Å²) in [5.41, 5.74) is 12.4. The van der Waals surface area contributed by atoms with E-state index in [-0.39, 0.29) is 34.5 Å². The average Bonchev–Trinajstić information content (AvgIpc) is 2.93. The lowest BCUT2D eigenvalue weighted by Crippen LogP contribution is -2.42. The molecule has 0 aromatic heterocycles. The second-order valence-electron chi connectivity index (χ2n) is 12.2. The van der Waals surface area contributed by atoms with Crippen LogP contribution in [0.1, 0.15) is 60.4 Å². The first-order chi connectivity index (χ1) is 20.7. The molecule has 10 heteroatoms. The lowest BCUT2D eigenvalue weighted by Gasteiger charge is -2.44. The van der Waals surface area contributed by atoms with Crippen molar-refractivity contribution in [2.24, 2.45) is 11.1 Å². The van der Waals surface area contributed by atoms with Gasteiger partial charge in [-0.2, -0.15) is 5.26 Å². The fourth-order valence-corrected chi connectivity index (χ4v) is 6.72. The van der Waals surface area contributed by atoms with E-state index in [2.05, 4.69) is 6.07 Å². The summed E-state index contributed by atoms with van der Waals surface area (Å²) in [5, 5.41) is 22.7. The minimum atomic E-state index is -0.706. The van der Waals surface area contributed by atoms with Crippen molar-refractivity contribution >= 4 is 40.4 Å². The van der Waals surface area contributed by atoms with E-state index in [9.17, 15) is 20.2 Å². The number of nitro groups is 1. The number of anilines is 1. The maximum Gasteiger partial charge on any atom is 0.271 e. The zero-order valence-corrected chi connectivity index (χ0v) is 26.6. The number of Topliss-reactive ketones (excluding diaryl/α,β-unsaturated/α-hetero) is 1. The summed E-state index contributed by atoms with van der Waals surface area (Å²) in [6.45, 7) is 10.1. The molecular formula is C34H32Cl2N4O4. The smallest absolute Gasteiger partial charge is 0.271 e. The maximum absolute atomic E-state index is 14.0. The molecule has 2 aliphatic rings. The molecule has 3 aromatic rings. The first-order valence-electron chi connectivity index (χ1n) is 14.1. The molecule has 0 saturated carbocycles. The number of aryl methyl sites for hydroxylation is 2. The largest absolute Gasteiger partial charge is 0.489 e. The van der Waals surface area contributed by atoms with Gasteiger partial charge in [-0.3, -0.25) is 19.8 Å². The molecule has 1 aliphatic heterocycles. The number of allylic oxidation sites excluding steroid dienone is 3. The van der Waals surface area contributed by atoms with E-state index in [1.54, 1.807) is 11.0 Å². The number of rotatable bonds is 6. The monoisotopic (exact) mass is 630 g/mol. The standard InChI is InChI=1S/C34H32Cl2N4O4/c1-18-10-21(17-44-30-9-6-22(35)12-19(30)2)20(3)24(11-18)31-25(16-37)33(38)39(27-8-7-23(40(42)43)13-26(27)36)28-14-34(4,5)15-29(41)32(28)31/h6-13,31H,14-15,17,38H2,1-5H3. The van der Waals surface area contributed by atoms with Gasteiger partial charge in [0.1, 0.15) is 18.2 Å². The fraction of sp³-hybridized carbons (Fsp3) is 0.294. The van der Waals surface area contributed by atoms with Crippen molar-refractivity contribution in [2.45, 2.75) is 60.0 Å². The highest BCUT2D eigenvalue weighted by molar-refractivity contribution is 6.33. The third-order valence-electron chi connectivity index (χ3n) is 8.29. The molecule has 5 rings (SSSR count). The Balaban J connectivity index is 1.68. The highest BCUT2D eigenvalue weighted by Crippen LogP contribution is 2.52. The number of nitro benzene ring substituents is 1. The van der Waals surface area contributed by atoms with Gasteiger partial charge in [-0.05, 0) is 79.1 Å². The topological polar surface area (TPSA) is 122 Å². The first-order valence-corrected chi connectivity index (χ1v) is 14.9. The molecule has 44 heavy (non-hydrogen) atoms. The van der Waals surface area contributed by atoms with Gasteiger partial charge in [0.25, 0.3) is 5.69 Å². The molecule has 3 aromatic carbocycles. The van der Waals surface area contributed by atoms with Crippen LogP contribution in [0, 0.1) is 47.6 Å². The van der Waals surface area contributed by atoms with Crippen molar-refractivity contribution < 1.29 is 14.5 Å². The number of nitrogens with two attached hydrogens (primary N) is 1. The summed E-state index contributed by atoms with van der Waals surface area (Å²) >= 11 is 12.7. The Morgan fingerprint density at radius 1 is 1.11 bits per heavy atom.